The predicted octanol–water partition coefficient (Wildman–Crippen LogP) is 3.53. The Kier molecular flexibility index (Phi) is 5.23. The van der Waals surface area contributed by atoms with E-state index in [9.17, 15) is 9.18 Å². The highest BCUT2D eigenvalue weighted by atomic mass is 79.9. The molecule has 3 aromatic rings. The number of amidine groups is 1. The topological polar surface area (TPSA) is 128 Å². The lowest BCUT2D eigenvalue weighted by molar-refractivity contribution is 0.102. The van der Waals surface area contributed by atoms with Crippen molar-refractivity contribution in [2.75, 3.05) is 10.6 Å². The summed E-state index contributed by atoms with van der Waals surface area (Å²) in [6.07, 6.45) is 0. The molecule has 8 nitrogen and oxygen atoms in total. The maximum atomic E-state index is 13.3. The molecule has 0 aliphatic rings. The summed E-state index contributed by atoms with van der Waals surface area (Å²) in [6.45, 7) is 0. The fraction of sp³-hybridized carbons (Fsp3) is 0. The van der Waals surface area contributed by atoms with Crippen LogP contribution in [-0.2, 0) is 0 Å². The van der Waals surface area contributed by atoms with Crippen molar-refractivity contribution < 1.29 is 13.8 Å². The summed E-state index contributed by atoms with van der Waals surface area (Å²) >= 11 is 3.06. The largest absolute Gasteiger partial charge is 0.339 e. The number of hydrogen-bond donors (Lipinski definition) is 3. The van der Waals surface area contributed by atoms with E-state index in [0.29, 0.717) is 11.3 Å². The van der Waals surface area contributed by atoms with E-state index in [0.717, 1.165) is 0 Å². The molecule has 0 aliphatic heterocycles. The van der Waals surface area contributed by atoms with Crippen LogP contribution in [0.3, 0.4) is 0 Å². The molecule has 1 heterocycles. The Balaban J connectivity index is 1.76. The number of benzene rings is 2. The molecule has 0 spiro atoms. The van der Waals surface area contributed by atoms with E-state index >= 15 is 0 Å². The van der Waals surface area contributed by atoms with Gasteiger partial charge in [-0.1, -0.05) is 6.07 Å². The van der Waals surface area contributed by atoms with Gasteiger partial charge in [-0.2, -0.15) is 5.26 Å². The van der Waals surface area contributed by atoms with Crippen molar-refractivity contribution in [3.05, 3.63) is 69.6 Å². The van der Waals surface area contributed by atoms with Crippen LogP contribution in [-0.4, -0.2) is 22.1 Å². The maximum absolute atomic E-state index is 13.3. The van der Waals surface area contributed by atoms with Crippen LogP contribution < -0.4 is 10.6 Å². The normalized spacial score (nSPS) is 10.1. The number of halogens is 2. The minimum atomic E-state index is -0.540. The number of carbonyl (C=O) groups excluding carboxylic acids is 1. The second kappa shape index (κ2) is 7.76. The zero-order valence-electron chi connectivity index (χ0n) is 13.5. The maximum Gasteiger partial charge on any atom is 0.257 e. The lowest BCUT2D eigenvalue weighted by Crippen LogP contribution is -2.18. The fourth-order valence-corrected chi connectivity index (χ4v) is 2.50. The lowest BCUT2D eigenvalue weighted by atomic mass is 10.1. The number of nitriles is 1. The molecule has 0 atom stereocenters. The number of nitrogens with zero attached hydrogens (tertiary/aromatic N) is 3. The lowest BCUT2D eigenvalue weighted by Gasteiger charge is -2.08. The van der Waals surface area contributed by atoms with E-state index in [-0.39, 0.29) is 27.4 Å². The Hall–Kier alpha value is -3.58. The molecule has 27 heavy (non-hydrogen) atoms. The molecule has 0 unspecified atom stereocenters. The van der Waals surface area contributed by atoms with E-state index in [1.165, 1.54) is 30.3 Å². The average Bonchev–Trinajstić information content (AvgIpc) is 3.13. The smallest absolute Gasteiger partial charge is 0.257 e. The molecular weight excluding hydrogens is 419 g/mol. The molecule has 3 N–H and O–H groups in total. The Labute approximate surface area is 160 Å². The first-order valence-corrected chi connectivity index (χ1v) is 8.22. The Morgan fingerprint density at radius 3 is 2.78 bits per heavy atom. The quantitative estimate of drug-likeness (QED) is 0.430. The van der Waals surface area contributed by atoms with Crippen LogP contribution in [0.15, 0.2) is 51.6 Å². The third-order valence-corrected chi connectivity index (χ3v) is 4.01. The monoisotopic (exact) mass is 428 g/mol. The van der Waals surface area contributed by atoms with Gasteiger partial charge in [0.1, 0.15) is 5.82 Å². The highest BCUT2D eigenvalue weighted by Gasteiger charge is 2.19. The minimum Gasteiger partial charge on any atom is -0.339 e. The number of nitrogens with one attached hydrogen (secondary N) is 3. The number of hydrogen-bond acceptors (Lipinski definition) is 6. The summed E-state index contributed by atoms with van der Waals surface area (Å²) in [4.78, 5) is 12.3. The first-order chi connectivity index (χ1) is 13.0. The molecule has 1 amide bonds. The molecule has 0 radical (unpaired) electrons. The van der Waals surface area contributed by atoms with Gasteiger partial charge < -0.3 is 10.6 Å². The molecule has 3 rings (SSSR count). The zero-order chi connectivity index (χ0) is 19.4. The summed E-state index contributed by atoms with van der Waals surface area (Å²) in [5.41, 5.74) is 0.956. The number of aromatic nitrogens is 2. The van der Waals surface area contributed by atoms with Crippen molar-refractivity contribution in [2.45, 2.75) is 0 Å². The van der Waals surface area contributed by atoms with Gasteiger partial charge in [-0.25, -0.2) is 9.02 Å². The molecule has 1 aromatic heterocycles. The number of carbonyl (C=O) groups is 1. The Morgan fingerprint density at radius 2 is 2.04 bits per heavy atom. The molecule has 2 aromatic carbocycles. The molecule has 0 fully saturated rings. The van der Waals surface area contributed by atoms with E-state index < -0.39 is 11.7 Å². The van der Waals surface area contributed by atoms with Gasteiger partial charge in [0, 0.05) is 11.3 Å². The van der Waals surface area contributed by atoms with E-state index in [1.54, 1.807) is 12.1 Å². The van der Waals surface area contributed by atoms with Crippen LogP contribution in [0.5, 0.6) is 0 Å². The van der Waals surface area contributed by atoms with E-state index in [1.807, 2.05) is 6.07 Å². The van der Waals surface area contributed by atoms with Crippen molar-refractivity contribution in [1.29, 1.82) is 10.7 Å². The summed E-state index contributed by atoms with van der Waals surface area (Å²) in [6, 6.07) is 12.2. The highest BCUT2D eigenvalue weighted by Crippen LogP contribution is 2.21. The van der Waals surface area contributed by atoms with Gasteiger partial charge >= 0.3 is 0 Å². The summed E-state index contributed by atoms with van der Waals surface area (Å²) < 4.78 is 18.1. The molecule has 0 saturated carbocycles. The Bertz CT molecular complexity index is 1080. The van der Waals surface area contributed by atoms with Gasteiger partial charge in [0.05, 0.1) is 16.1 Å². The van der Waals surface area contributed by atoms with Crippen molar-refractivity contribution in [2.24, 2.45) is 0 Å². The number of anilines is 2. The summed E-state index contributed by atoms with van der Waals surface area (Å²) in [5, 5.41) is 29.4. The van der Waals surface area contributed by atoms with Gasteiger partial charge in [-0.05, 0) is 62.6 Å². The van der Waals surface area contributed by atoms with Gasteiger partial charge in [0.2, 0.25) is 5.82 Å². The zero-order valence-corrected chi connectivity index (χ0v) is 15.0. The number of amides is 1. The first-order valence-electron chi connectivity index (χ1n) is 7.43. The van der Waals surface area contributed by atoms with E-state index in [2.05, 4.69) is 41.5 Å². The number of rotatable bonds is 4. The molecular formula is C17H10BrFN6O2. The van der Waals surface area contributed by atoms with Gasteiger partial charge in [0.25, 0.3) is 5.91 Å². The third kappa shape index (κ3) is 4.16. The van der Waals surface area contributed by atoms with Crippen molar-refractivity contribution in [3.8, 4) is 6.07 Å². The standard InChI is InChI=1S/C17H10BrFN6O2/c18-12-7-11(4-5-13(12)19)22-15(21)14-16(25-27-24-14)23-17(26)10-3-1-2-9(6-10)8-20/h1-7H,(H2,21,22)(H,23,25,26). The van der Waals surface area contributed by atoms with Crippen LogP contribution in [0, 0.1) is 22.6 Å². The SMILES string of the molecule is N#Cc1cccc(C(=O)Nc2nonc2C(=N)Nc2ccc(F)c(Br)c2)c1. The average molecular weight is 429 g/mol. The molecule has 134 valence electrons. The van der Waals surface area contributed by atoms with Crippen LogP contribution in [0.1, 0.15) is 21.6 Å². The summed E-state index contributed by atoms with van der Waals surface area (Å²) in [7, 11) is 0. The predicted molar refractivity (Wildman–Crippen MR) is 98.0 cm³/mol. The first kappa shape index (κ1) is 18.2. The van der Waals surface area contributed by atoms with Gasteiger partial charge in [0.15, 0.2) is 11.5 Å². The second-order valence-corrected chi connectivity index (χ2v) is 6.09. The Morgan fingerprint density at radius 1 is 1.22 bits per heavy atom. The highest BCUT2D eigenvalue weighted by molar-refractivity contribution is 9.10. The van der Waals surface area contributed by atoms with Crippen LogP contribution in [0.25, 0.3) is 0 Å². The van der Waals surface area contributed by atoms with Gasteiger partial charge in [-0.3, -0.25) is 10.2 Å². The second-order valence-electron chi connectivity index (χ2n) is 5.24. The third-order valence-electron chi connectivity index (χ3n) is 3.40. The molecule has 0 saturated heterocycles. The fourth-order valence-electron chi connectivity index (χ4n) is 2.12. The van der Waals surface area contributed by atoms with Crippen molar-refractivity contribution >= 4 is 39.2 Å². The molecule has 10 heteroatoms. The van der Waals surface area contributed by atoms with Crippen LogP contribution in [0.2, 0.25) is 0 Å². The minimum absolute atomic E-state index is 0.0414. The van der Waals surface area contributed by atoms with Crippen LogP contribution >= 0.6 is 15.9 Å². The molecule has 0 bridgehead atoms. The van der Waals surface area contributed by atoms with E-state index in [4.69, 9.17) is 10.7 Å². The van der Waals surface area contributed by atoms with Crippen molar-refractivity contribution in [3.63, 3.8) is 0 Å². The molecule has 0 aliphatic carbocycles. The van der Waals surface area contributed by atoms with Crippen LogP contribution in [0.4, 0.5) is 15.9 Å². The van der Waals surface area contributed by atoms with Gasteiger partial charge in [-0.15, -0.1) is 0 Å². The summed E-state index contributed by atoms with van der Waals surface area (Å²) in [5.74, 6) is -1.26. The van der Waals surface area contributed by atoms with Crippen molar-refractivity contribution in [1.82, 2.24) is 10.3 Å².